The van der Waals surface area contributed by atoms with E-state index in [4.69, 9.17) is 4.52 Å². The quantitative estimate of drug-likeness (QED) is 0.825. The van der Waals surface area contributed by atoms with E-state index >= 15 is 0 Å². The minimum atomic E-state index is -0.627. The number of aromatic nitrogens is 2. The van der Waals surface area contributed by atoms with Crippen LogP contribution >= 0.6 is 0 Å². The Morgan fingerprint density at radius 2 is 2.40 bits per heavy atom. The third-order valence-corrected chi connectivity index (χ3v) is 3.45. The first kappa shape index (κ1) is 10.6. The van der Waals surface area contributed by atoms with Gasteiger partial charge in [0, 0.05) is 6.42 Å². The lowest BCUT2D eigenvalue weighted by atomic mass is 9.89. The first-order valence-electron chi connectivity index (χ1n) is 5.68. The highest BCUT2D eigenvalue weighted by Crippen LogP contribution is 2.37. The molecule has 1 aromatic rings. The molecule has 0 aromatic carbocycles. The third-order valence-electron chi connectivity index (χ3n) is 3.45. The Morgan fingerprint density at radius 3 is 2.93 bits per heavy atom. The first-order valence-corrected chi connectivity index (χ1v) is 5.68. The van der Waals surface area contributed by atoms with E-state index in [1.54, 1.807) is 0 Å². The normalized spacial score (nSPS) is 31.0. The van der Waals surface area contributed by atoms with Gasteiger partial charge in [0.05, 0.1) is 12.0 Å². The van der Waals surface area contributed by atoms with Crippen LogP contribution in [-0.2, 0) is 12.8 Å². The Kier molecular flexibility index (Phi) is 2.78. The molecule has 84 valence electrons. The maximum atomic E-state index is 10.4. The summed E-state index contributed by atoms with van der Waals surface area (Å²) < 4.78 is 5.11. The summed E-state index contributed by atoms with van der Waals surface area (Å²) in [5, 5.41) is 14.2. The van der Waals surface area contributed by atoms with E-state index in [2.05, 4.69) is 17.1 Å². The summed E-state index contributed by atoms with van der Waals surface area (Å²) in [7, 11) is 0. The van der Waals surface area contributed by atoms with Crippen LogP contribution in [0.1, 0.15) is 44.8 Å². The fraction of sp³-hybridized carbons (Fsp3) is 0.818. The summed E-state index contributed by atoms with van der Waals surface area (Å²) >= 11 is 0. The van der Waals surface area contributed by atoms with Crippen molar-refractivity contribution in [3.63, 3.8) is 0 Å². The largest absolute Gasteiger partial charge is 0.389 e. The minimum Gasteiger partial charge on any atom is -0.389 e. The van der Waals surface area contributed by atoms with Gasteiger partial charge in [0.2, 0.25) is 5.89 Å². The van der Waals surface area contributed by atoms with Crippen molar-refractivity contribution in [1.82, 2.24) is 10.1 Å². The summed E-state index contributed by atoms with van der Waals surface area (Å²) in [5.74, 6) is 1.62. The monoisotopic (exact) mass is 210 g/mol. The smallest absolute Gasteiger partial charge is 0.229 e. The number of aliphatic hydroxyl groups is 1. The molecular formula is C11H18N2O2. The standard InChI is InChI=1S/C11H18N2O2/c1-3-9-12-10(15-13-9)7-11(14)6-4-5-8(11)2/h8,14H,3-7H2,1-2H3/t8-,11-/m1/s1. The number of hydrogen-bond donors (Lipinski definition) is 1. The first-order chi connectivity index (χ1) is 7.14. The molecule has 4 nitrogen and oxygen atoms in total. The zero-order chi connectivity index (χ0) is 10.9. The van der Waals surface area contributed by atoms with Gasteiger partial charge in [0.25, 0.3) is 0 Å². The zero-order valence-electron chi connectivity index (χ0n) is 9.36. The minimum absolute atomic E-state index is 0.328. The summed E-state index contributed by atoms with van der Waals surface area (Å²) in [6.45, 7) is 4.08. The van der Waals surface area contributed by atoms with Crippen LogP contribution in [0, 0.1) is 5.92 Å². The molecule has 0 radical (unpaired) electrons. The maximum Gasteiger partial charge on any atom is 0.229 e. The molecule has 0 spiro atoms. The van der Waals surface area contributed by atoms with Crippen LogP contribution < -0.4 is 0 Å². The second kappa shape index (κ2) is 3.93. The number of rotatable bonds is 3. The molecule has 1 fully saturated rings. The number of nitrogens with zero attached hydrogens (tertiary/aromatic N) is 2. The van der Waals surface area contributed by atoms with E-state index in [1.165, 1.54) is 0 Å². The predicted octanol–water partition coefficient (Wildman–Crippen LogP) is 1.73. The molecular weight excluding hydrogens is 192 g/mol. The summed E-state index contributed by atoms with van der Waals surface area (Å²) in [6.07, 6.45) is 4.30. The lowest BCUT2D eigenvalue weighted by Gasteiger charge is -2.25. The fourth-order valence-corrected chi connectivity index (χ4v) is 2.26. The molecule has 1 aromatic heterocycles. The third kappa shape index (κ3) is 2.04. The average molecular weight is 210 g/mol. The van der Waals surface area contributed by atoms with Crippen LogP contribution in [0.3, 0.4) is 0 Å². The summed E-state index contributed by atoms with van der Waals surface area (Å²) in [5.41, 5.74) is -0.627. The molecule has 2 rings (SSSR count). The molecule has 0 aliphatic heterocycles. The van der Waals surface area contributed by atoms with E-state index in [0.29, 0.717) is 18.2 Å². The van der Waals surface area contributed by atoms with Gasteiger partial charge in [0.1, 0.15) is 0 Å². The van der Waals surface area contributed by atoms with Crippen LogP contribution in [0.2, 0.25) is 0 Å². The lowest BCUT2D eigenvalue weighted by Crippen LogP contribution is -2.34. The molecule has 1 aliphatic rings. The van der Waals surface area contributed by atoms with Crippen LogP contribution in [0.15, 0.2) is 4.52 Å². The SMILES string of the molecule is CCc1noc(C[C@]2(O)CCC[C@H]2C)n1. The molecule has 1 heterocycles. The van der Waals surface area contributed by atoms with Gasteiger partial charge >= 0.3 is 0 Å². The fourth-order valence-electron chi connectivity index (χ4n) is 2.26. The lowest BCUT2D eigenvalue weighted by molar-refractivity contribution is 0.00291. The molecule has 1 saturated carbocycles. The van der Waals surface area contributed by atoms with Crippen molar-refractivity contribution in [2.75, 3.05) is 0 Å². The molecule has 1 N–H and O–H groups in total. The van der Waals surface area contributed by atoms with Crippen molar-refractivity contribution in [2.45, 2.75) is 51.6 Å². The Bertz CT molecular complexity index is 337. The Hall–Kier alpha value is -0.900. The van der Waals surface area contributed by atoms with E-state index < -0.39 is 5.60 Å². The topological polar surface area (TPSA) is 59.2 Å². The van der Waals surface area contributed by atoms with Crippen LogP contribution in [0.4, 0.5) is 0 Å². The van der Waals surface area contributed by atoms with Crippen molar-refractivity contribution < 1.29 is 9.63 Å². The van der Waals surface area contributed by atoms with Gasteiger partial charge in [-0.05, 0) is 18.8 Å². The Balaban J connectivity index is 2.07. The van der Waals surface area contributed by atoms with Gasteiger partial charge in [-0.2, -0.15) is 4.98 Å². The van der Waals surface area contributed by atoms with Crippen molar-refractivity contribution in [2.24, 2.45) is 5.92 Å². The van der Waals surface area contributed by atoms with E-state index in [1.807, 2.05) is 6.92 Å². The maximum absolute atomic E-state index is 10.4. The zero-order valence-corrected chi connectivity index (χ0v) is 9.36. The van der Waals surface area contributed by atoms with E-state index in [9.17, 15) is 5.11 Å². The van der Waals surface area contributed by atoms with Crippen molar-refractivity contribution in [3.05, 3.63) is 11.7 Å². The molecule has 0 bridgehead atoms. The van der Waals surface area contributed by atoms with Crippen LogP contribution in [-0.4, -0.2) is 20.8 Å². The molecule has 0 amide bonds. The van der Waals surface area contributed by atoms with Crippen LogP contribution in [0.25, 0.3) is 0 Å². The van der Waals surface area contributed by atoms with Crippen molar-refractivity contribution in [1.29, 1.82) is 0 Å². The van der Waals surface area contributed by atoms with Crippen molar-refractivity contribution >= 4 is 0 Å². The molecule has 0 unspecified atom stereocenters. The number of aryl methyl sites for hydroxylation is 1. The van der Waals surface area contributed by atoms with Crippen molar-refractivity contribution in [3.8, 4) is 0 Å². The Labute approximate surface area is 89.7 Å². The highest BCUT2D eigenvalue weighted by Gasteiger charge is 2.39. The predicted molar refractivity (Wildman–Crippen MR) is 55.3 cm³/mol. The van der Waals surface area contributed by atoms with Gasteiger partial charge in [-0.25, -0.2) is 0 Å². The van der Waals surface area contributed by atoms with E-state index in [0.717, 1.165) is 31.5 Å². The van der Waals surface area contributed by atoms with Gasteiger partial charge in [-0.3, -0.25) is 0 Å². The number of hydrogen-bond acceptors (Lipinski definition) is 4. The van der Waals surface area contributed by atoms with Gasteiger partial charge in [0.15, 0.2) is 5.82 Å². The van der Waals surface area contributed by atoms with E-state index in [-0.39, 0.29) is 0 Å². The molecule has 15 heavy (non-hydrogen) atoms. The second-order valence-electron chi connectivity index (χ2n) is 4.53. The van der Waals surface area contributed by atoms with Crippen LogP contribution in [0.5, 0.6) is 0 Å². The molecule has 4 heteroatoms. The molecule has 1 aliphatic carbocycles. The van der Waals surface area contributed by atoms with Gasteiger partial charge in [-0.1, -0.05) is 25.4 Å². The molecule has 0 saturated heterocycles. The average Bonchev–Trinajstić information content (AvgIpc) is 2.76. The van der Waals surface area contributed by atoms with Gasteiger partial charge < -0.3 is 9.63 Å². The van der Waals surface area contributed by atoms with Gasteiger partial charge in [-0.15, -0.1) is 0 Å². The highest BCUT2D eigenvalue weighted by atomic mass is 16.5. The summed E-state index contributed by atoms with van der Waals surface area (Å²) in [6, 6.07) is 0. The Morgan fingerprint density at radius 1 is 1.60 bits per heavy atom. The summed E-state index contributed by atoms with van der Waals surface area (Å²) in [4.78, 5) is 4.23. The highest BCUT2D eigenvalue weighted by molar-refractivity contribution is 4.98. The second-order valence-corrected chi connectivity index (χ2v) is 4.53. The molecule has 2 atom stereocenters.